The predicted octanol–water partition coefficient (Wildman–Crippen LogP) is 4.09. The summed E-state index contributed by atoms with van der Waals surface area (Å²) in [5, 5.41) is 0. The van der Waals surface area contributed by atoms with E-state index in [1.165, 1.54) is 4.88 Å². The van der Waals surface area contributed by atoms with Gasteiger partial charge in [0.25, 0.3) is 0 Å². The molecule has 0 amide bonds. The molecule has 1 aliphatic rings. The second kappa shape index (κ2) is 5.02. The Hall–Kier alpha value is -0.490. The third-order valence-corrected chi connectivity index (χ3v) is 4.55. The van der Waals surface area contributed by atoms with Crippen molar-refractivity contribution in [1.29, 1.82) is 0 Å². The van der Waals surface area contributed by atoms with Gasteiger partial charge in [-0.25, -0.2) is 0 Å². The van der Waals surface area contributed by atoms with Gasteiger partial charge in [-0.3, -0.25) is 0 Å². The molecule has 1 aliphatic heterocycles. The van der Waals surface area contributed by atoms with E-state index in [-0.39, 0.29) is 5.41 Å². The van der Waals surface area contributed by atoms with Crippen LogP contribution in [-0.4, -0.2) is 13.2 Å². The van der Waals surface area contributed by atoms with Crippen molar-refractivity contribution in [1.82, 2.24) is 0 Å². The molecule has 92 valence electrons. The van der Waals surface area contributed by atoms with E-state index in [4.69, 9.17) is 16.3 Å². The predicted molar refractivity (Wildman–Crippen MR) is 73.8 cm³/mol. The highest BCUT2D eigenvalue weighted by molar-refractivity contribution is 7.16. The minimum atomic E-state index is 0.144. The highest BCUT2D eigenvalue weighted by Crippen LogP contribution is 2.35. The fraction of sp³-hybridized carbons (Fsp3) is 0.571. The Kier molecular flexibility index (Phi) is 3.82. The van der Waals surface area contributed by atoms with Crippen molar-refractivity contribution in [2.24, 2.45) is 5.92 Å². The zero-order valence-corrected chi connectivity index (χ0v) is 12.0. The largest absolute Gasteiger partial charge is 0.380 e. The van der Waals surface area contributed by atoms with Crippen molar-refractivity contribution in [2.75, 3.05) is 13.2 Å². The molecule has 17 heavy (non-hydrogen) atoms. The molecule has 1 atom stereocenters. The highest BCUT2D eigenvalue weighted by atomic mass is 35.5. The molecule has 2 rings (SSSR count). The van der Waals surface area contributed by atoms with Gasteiger partial charge < -0.3 is 4.74 Å². The lowest BCUT2D eigenvalue weighted by molar-refractivity contribution is 0.192. The summed E-state index contributed by atoms with van der Waals surface area (Å²) >= 11 is 7.86. The average molecular weight is 269 g/mol. The highest BCUT2D eigenvalue weighted by Gasteiger charge is 2.18. The maximum Gasteiger partial charge on any atom is 0.109 e. The van der Waals surface area contributed by atoms with Crippen molar-refractivity contribution >= 4 is 22.9 Å². The molecule has 1 fully saturated rings. The third kappa shape index (κ3) is 3.25. The number of rotatable bonds is 0. The molecule has 1 aromatic rings. The SMILES string of the molecule is CC(C)(C)c1cc(C#CC2CCOC2)c(Cl)s1. The van der Waals surface area contributed by atoms with E-state index in [0.717, 1.165) is 29.5 Å². The summed E-state index contributed by atoms with van der Waals surface area (Å²) in [5.74, 6) is 6.83. The molecule has 0 saturated carbocycles. The van der Waals surface area contributed by atoms with E-state index in [0.29, 0.717) is 5.92 Å². The fourth-order valence-corrected chi connectivity index (χ4v) is 2.90. The zero-order valence-electron chi connectivity index (χ0n) is 10.5. The summed E-state index contributed by atoms with van der Waals surface area (Å²) in [5.41, 5.74) is 1.11. The molecule has 0 bridgehead atoms. The van der Waals surface area contributed by atoms with Crippen LogP contribution in [0.3, 0.4) is 0 Å². The first-order valence-electron chi connectivity index (χ1n) is 5.86. The summed E-state index contributed by atoms with van der Waals surface area (Å²) in [4.78, 5) is 1.29. The summed E-state index contributed by atoms with van der Waals surface area (Å²) in [6, 6.07) is 2.12. The maximum absolute atomic E-state index is 6.22. The molecule has 0 spiro atoms. The topological polar surface area (TPSA) is 9.23 Å². The van der Waals surface area contributed by atoms with Gasteiger partial charge in [0.2, 0.25) is 0 Å². The van der Waals surface area contributed by atoms with Crippen LogP contribution in [0.15, 0.2) is 6.07 Å². The maximum atomic E-state index is 6.22. The summed E-state index contributed by atoms with van der Waals surface area (Å²) in [7, 11) is 0. The molecule has 0 N–H and O–H groups in total. The summed E-state index contributed by atoms with van der Waals surface area (Å²) < 4.78 is 6.11. The lowest BCUT2D eigenvalue weighted by atomic mass is 9.94. The van der Waals surface area contributed by atoms with Gasteiger partial charge in [0.1, 0.15) is 4.34 Å². The standard InChI is InChI=1S/C14H17ClOS/c1-14(2,3)12-8-11(13(15)17-12)5-4-10-6-7-16-9-10/h8,10H,6-7,9H2,1-3H3. The second-order valence-corrected chi connectivity index (χ2v) is 7.03. The number of thiophene rings is 1. The van der Waals surface area contributed by atoms with Gasteiger partial charge in [-0.15, -0.1) is 11.3 Å². The average Bonchev–Trinajstić information content (AvgIpc) is 2.83. The number of hydrogen-bond donors (Lipinski definition) is 0. The number of hydrogen-bond acceptors (Lipinski definition) is 2. The summed E-state index contributed by atoms with van der Waals surface area (Å²) in [6.07, 6.45) is 1.04. The summed E-state index contributed by atoms with van der Waals surface area (Å²) in [6.45, 7) is 8.18. The van der Waals surface area contributed by atoms with Crippen LogP contribution in [0.2, 0.25) is 4.34 Å². The van der Waals surface area contributed by atoms with Crippen molar-refractivity contribution in [3.63, 3.8) is 0 Å². The quantitative estimate of drug-likeness (QED) is 0.644. The Morgan fingerprint density at radius 3 is 2.76 bits per heavy atom. The van der Waals surface area contributed by atoms with Crippen LogP contribution >= 0.6 is 22.9 Å². The van der Waals surface area contributed by atoms with Crippen molar-refractivity contribution < 1.29 is 4.74 Å². The van der Waals surface area contributed by atoms with Crippen LogP contribution in [0.5, 0.6) is 0 Å². The molecule has 1 saturated heterocycles. The number of ether oxygens (including phenoxy) is 1. The van der Waals surface area contributed by atoms with Gasteiger partial charge in [-0.1, -0.05) is 44.2 Å². The molecule has 3 heteroatoms. The van der Waals surface area contributed by atoms with Crippen molar-refractivity contribution in [3.8, 4) is 11.8 Å². The van der Waals surface area contributed by atoms with E-state index in [1.54, 1.807) is 11.3 Å². The fourth-order valence-electron chi connectivity index (χ4n) is 1.65. The van der Waals surface area contributed by atoms with Gasteiger partial charge in [0, 0.05) is 17.4 Å². The van der Waals surface area contributed by atoms with Crippen LogP contribution < -0.4 is 0 Å². The van der Waals surface area contributed by atoms with E-state index >= 15 is 0 Å². The Labute approximate surface area is 112 Å². The van der Waals surface area contributed by atoms with Crippen LogP contribution in [-0.2, 0) is 10.2 Å². The molecule has 2 heterocycles. The van der Waals surface area contributed by atoms with E-state index in [9.17, 15) is 0 Å². The van der Waals surface area contributed by atoms with Gasteiger partial charge in [0.15, 0.2) is 0 Å². The van der Waals surface area contributed by atoms with Gasteiger partial charge in [-0.2, -0.15) is 0 Å². The molecule has 1 unspecified atom stereocenters. The third-order valence-electron chi connectivity index (χ3n) is 2.77. The van der Waals surface area contributed by atoms with Crippen molar-refractivity contribution in [3.05, 3.63) is 20.8 Å². The Balaban J connectivity index is 2.18. The molecular formula is C14H17ClOS. The normalized spacial score (nSPS) is 20.1. The Bertz CT molecular complexity index is 453. The molecule has 1 aromatic heterocycles. The Morgan fingerprint density at radius 1 is 1.47 bits per heavy atom. The van der Waals surface area contributed by atoms with Crippen LogP contribution in [0.4, 0.5) is 0 Å². The zero-order chi connectivity index (χ0) is 12.5. The second-order valence-electron chi connectivity index (χ2n) is 5.38. The minimum Gasteiger partial charge on any atom is -0.380 e. The van der Waals surface area contributed by atoms with E-state index in [1.807, 2.05) is 0 Å². The van der Waals surface area contributed by atoms with E-state index in [2.05, 4.69) is 38.7 Å². The lowest BCUT2D eigenvalue weighted by Crippen LogP contribution is -2.07. The molecule has 0 radical (unpaired) electrons. The van der Waals surface area contributed by atoms with Gasteiger partial charge in [0.05, 0.1) is 12.2 Å². The Morgan fingerprint density at radius 2 is 2.24 bits per heavy atom. The van der Waals surface area contributed by atoms with Crippen LogP contribution in [0.25, 0.3) is 0 Å². The smallest absolute Gasteiger partial charge is 0.109 e. The van der Waals surface area contributed by atoms with Crippen LogP contribution in [0, 0.1) is 17.8 Å². The van der Waals surface area contributed by atoms with Crippen LogP contribution in [0.1, 0.15) is 37.6 Å². The minimum absolute atomic E-state index is 0.144. The van der Waals surface area contributed by atoms with E-state index < -0.39 is 0 Å². The molecule has 0 aliphatic carbocycles. The molecule has 1 nitrogen and oxygen atoms in total. The van der Waals surface area contributed by atoms with Crippen molar-refractivity contribution in [2.45, 2.75) is 32.6 Å². The first kappa shape index (κ1) is 13.0. The molecular weight excluding hydrogens is 252 g/mol. The monoisotopic (exact) mass is 268 g/mol. The first-order chi connectivity index (χ1) is 7.97. The van der Waals surface area contributed by atoms with Gasteiger partial charge in [-0.05, 0) is 17.9 Å². The lowest BCUT2D eigenvalue weighted by Gasteiger charge is -2.14. The first-order valence-corrected chi connectivity index (χ1v) is 7.05. The number of halogens is 1. The van der Waals surface area contributed by atoms with Gasteiger partial charge >= 0.3 is 0 Å². The molecule has 0 aromatic carbocycles.